The number of halogens is 1. The summed E-state index contributed by atoms with van der Waals surface area (Å²) in [7, 11) is 0. The highest BCUT2D eigenvalue weighted by Gasteiger charge is 2.09. The van der Waals surface area contributed by atoms with E-state index in [2.05, 4.69) is 27.8 Å². The van der Waals surface area contributed by atoms with Crippen LogP contribution in [0.2, 0.25) is 0 Å². The number of nitrogens with zero attached hydrogens (tertiary/aromatic N) is 1. The van der Waals surface area contributed by atoms with Gasteiger partial charge in [-0.05, 0) is 34.8 Å². The van der Waals surface area contributed by atoms with E-state index >= 15 is 0 Å². The van der Waals surface area contributed by atoms with Gasteiger partial charge in [0.2, 0.25) is 0 Å². The van der Waals surface area contributed by atoms with Crippen molar-refractivity contribution in [2.45, 2.75) is 20.3 Å². The van der Waals surface area contributed by atoms with Gasteiger partial charge >= 0.3 is 5.97 Å². The maximum Gasteiger partial charge on any atom is 0.330 e. The molecule has 1 rings (SSSR count). The second kappa shape index (κ2) is 5.85. The molecule has 1 heterocycles. The van der Waals surface area contributed by atoms with Crippen LogP contribution in [-0.4, -0.2) is 17.2 Å². The third-order valence-electron chi connectivity index (χ3n) is 1.87. The minimum atomic E-state index is -0.331. The van der Waals surface area contributed by atoms with Crippen LogP contribution in [0, 0.1) is 5.92 Å². The van der Waals surface area contributed by atoms with Crippen molar-refractivity contribution in [3.63, 3.8) is 0 Å². The van der Waals surface area contributed by atoms with Crippen LogP contribution in [0.15, 0.2) is 28.9 Å². The zero-order valence-corrected chi connectivity index (χ0v) is 10.5. The lowest BCUT2D eigenvalue weighted by molar-refractivity contribution is -0.137. The Morgan fingerprint density at radius 1 is 1.80 bits per heavy atom. The van der Waals surface area contributed by atoms with Crippen molar-refractivity contribution in [3.05, 3.63) is 23.9 Å². The molecule has 0 saturated carbocycles. The van der Waals surface area contributed by atoms with E-state index in [0.29, 0.717) is 12.5 Å². The summed E-state index contributed by atoms with van der Waals surface area (Å²) in [5, 5.41) is 0. The van der Waals surface area contributed by atoms with Crippen molar-refractivity contribution in [2.24, 2.45) is 10.9 Å². The number of carbonyl (C=O) groups is 1. The molecule has 1 unspecified atom stereocenters. The lowest BCUT2D eigenvalue weighted by Gasteiger charge is -2.11. The minimum Gasteiger partial charge on any atom is -0.463 e. The summed E-state index contributed by atoms with van der Waals surface area (Å²) in [6.45, 7) is 4.28. The van der Waals surface area contributed by atoms with Crippen LogP contribution < -0.4 is 0 Å². The van der Waals surface area contributed by atoms with Gasteiger partial charge in [0.25, 0.3) is 0 Å². The maximum atomic E-state index is 11.1. The number of rotatable bonds is 3. The number of allylic oxidation sites excluding steroid dienone is 2. The molecule has 0 aromatic rings. The zero-order chi connectivity index (χ0) is 11.3. The van der Waals surface area contributed by atoms with Gasteiger partial charge in [-0.25, -0.2) is 9.79 Å². The molecule has 3 nitrogen and oxygen atoms in total. The summed E-state index contributed by atoms with van der Waals surface area (Å²) in [5.41, 5.74) is 0.800. The molecule has 4 heteroatoms. The largest absolute Gasteiger partial charge is 0.463 e. The predicted molar refractivity (Wildman–Crippen MR) is 64.0 cm³/mol. The summed E-state index contributed by atoms with van der Waals surface area (Å²) in [6, 6.07) is 0. The van der Waals surface area contributed by atoms with Crippen molar-refractivity contribution in [3.8, 4) is 0 Å². The van der Waals surface area contributed by atoms with Gasteiger partial charge in [0.15, 0.2) is 0 Å². The highest BCUT2D eigenvalue weighted by molar-refractivity contribution is 9.18. The molecule has 0 bridgehead atoms. The van der Waals surface area contributed by atoms with Gasteiger partial charge in [-0.15, -0.1) is 0 Å². The Balaban J connectivity index is 2.62. The molecular weight excluding hydrogens is 258 g/mol. The first-order valence-corrected chi connectivity index (χ1v) is 5.71. The van der Waals surface area contributed by atoms with Crippen LogP contribution in [0.25, 0.3) is 0 Å². The van der Waals surface area contributed by atoms with Crippen molar-refractivity contribution in [2.75, 3.05) is 6.61 Å². The van der Waals surface area contributed by atoms with E-state index in [1.54, 1.807) is 13.0 Å². The van der Waals surface area contributed by atoms with Gasteiger partial charge in [0.1, 0.15) is 0 Å². The van der Waals surface area contributed by atoms with Crippen LogP contribution in [0.1, 0.15) is 20.3 Å². The summed E-state index contributed by atoms with van der Waals surface area (Å²) in [6.07, 6.45) is 6.02. The molecule has 0 radical (unpaired) electrons. The normalized spacial score (nSPS) is 21.1. The fraction of sp³-hybridized carbons (Fsp3) is 0.455. The summed E-state index contributed by atoms with van der Waals surface area (Å²) < 4.78 is 5.69. The summed E-state index contributed by atoms with van der Waals surface area (Å²) in [5.74, 6) is 0.113. The van der Waals surface area contributed by atoms with Crippen molar-refractivity contribution in [1.82, 2.24) is 0 Å². The molecule has 15 heavy (non-hydrogen) atoms. The maximum absolute atomic E-state index is 11.1. The van der Waals surface area contributed by atoms with Crippen molar-refractivity contribution in [1.29, 1.82) is 0 Å². The summed E-state index contributed by atoms with van der Waals surface area (Å²) in [4.78, 5) is 15.3. The first-order valence-electron chi connectivity index (χ1n) is 4.91. The minimum absolute atomic E-state index is 0.331. The lowest BCUT2D eigenvalue weighted by Crippen LogP contribution is -2.04. The van der Waals surface area contributed by atoms with Crippen LogP contribution in [0.3, 0.4) is 0 Å². The fourth-order valence-corrected chi connectivity index (χ4v) is 1.99. The standard InChI is InChI=1S/C11H14BrNO2/c1-3-15-11(14)5-4-9-6-8(2)7-10(12)13-9/h4-6,8H,3,7H2,1-2H3/b5-4+. The SMILES string of the molecule is CCOC(=O)/C=C/C1=CC(C)CC(Br)=N1. The summed E-state index contributed by atoms with van der Waals surface area (Å²) >= 11 is 3.37. The molecule has 1 aliphatic rings. The second-order valence-corrected chi connectivity index (χ2v) is 4.26. The molecule has 82 valence electrons. The van der Waals surface area contributed by atoms with Crippen LogP contribution in [0.4, 0.5) is 0 Å². The highest BCUT2D eigenvalue weighted by atomic mass is 79.9. The van der Waals surface area contributed by atoms with E-state index in [-0.39, 0.29) is 5.97 Å². The third kappa shape index (κ3) is 4.42. The Kier molecular flexibility index (Phi) is 4.75. The molecule has 0 spiro atoms. The molecule has 0 aromatic carbocycles. The molecule has 0 amide bonds. The molecule has 0 aromatic heterocycles. The average molecular weight is 272 g/mol. The van der Waals surface area contributed by atoms with E-state index in [0.717, 1.165) is 16.7 Å². The van der Waals surface area contributed by atoms with Gasteiger partial charge in [-0.3, -0.25) is 0 Å². The third-order valence-corrected chi connectivity index (χ3v) is 2.37. The predicted octanol–water partition coefficient (Wildman–Crippen LogP) is 2.82. The molecule has 1 atom stereocenters. The molecule has 0 N–H and O–H groups in total. The van der Waals surface area contributed by atoms with Crippen LogP contribution in [0.5, 0.6) is 0 Å². The number of hydrogen-bond acceptors (Lipinski definition) is 3. The Bertz CT molecular complexity index is 331. The average Bonchev–Trinajstić information content (AvgIpc) is 2.14. The number of hydrogen-bond donors (Lipinski definition) is 0. The van der Waals surface area contributed by atoms with Gasteiger partial charge in [0.05, 0.1) is 16.9 Å². The smallest absolute Gasteiger partial charge is 0.330 e. The molecular formula is C11H14BrNO2. The quantitative estimate of drug-likeness (QED) is 0.585. The van der Waals surface area contributed by atoms with E-state index in [1.807, 2.05) is 6.08 Å². The Morgan fingerprint density at radius 3 is 3.13 bits per heavy atom. The van der Waals surface area contributed by atoms with Crippen molar-refractivity contribution < 1.29 is 9.53 Å². The first-order chi connectivity index (χ1) is 7.11. The van der Waals surface area contributed by atoms with Gasteiger partial charge in [-0.2, -0.15) is 0 Å². The second-order valence-electron chi connectivity index (χ2n) is 3.35. The van der Waals surface area contributed by atoms with E-state index in [9.17, 15) is 4.79 Å². The number of carbonyl (C=O) groups excluding carboxylic acids is 1. The zero-order valence-electron chi connectivity index (χ0n) is 8.87. The number of esters is 1. The molecule has 0 fully saturated rings. The van der Waals surface area contributed by atoms with Crippen LogP contribution >= 0.6 is 15.9 Å². The fourth-order valence-electron chi connectivity index (χ4n) is 1.28. The molecule has 1 aliphatic heterocycles. The first kappa shape index (κ1) is 12.2. The number of aliphatic imine (C=N–C) groups is 1. The van der Waals surface area contributed by atoms with E-state index in [4.69, 9.17) is 4.74 Å². The monoisotopic (exact) mass is 271 g/mol. The van der Waals surface area contributed by atoms with E-state index in [1.165, 1.54) is 6.08 Å². The molecule has 0 saturated heterocycles. The van der Waals surface area contributed by atoms with Crippen molar-refractivity contribution >= 4 is 26.5 Å². The number of ether oxygens (including phenoxy) is 1. The Morgan fingerprint density at radius 2 is 2.53 bits per heavy atom. The molecule has 0 aliphatic carbocycles. The van der Waals surface area contributed by atoms with E-state index < -0.39 is 0 Å². The van der Waals surface area contributed by atoms with Gasteiger partial charge in [0, 0.05) is 12.5 Å². The van der Waals surface area contributed by atoms with Gasteiger partial charge < -0.3 is 4.74 Å². The van der Waals surface area contributed by atoms with Crippen LogP contribution in [-0.2, 0) is 9.53 Å². The Hall–Kier alpha value is -0.900. The lowest BCUT2D eigenvalue weighted by atomic mass is 10.1. The Labute approximate surface area is 98.0 Å². The highest BCUT2D eigenvalue weighted by Crippen LogP contribution is 2.20. The topological polar surface area (TPSA) is 38.7 Å². The van der Waals surface area contributed by atoms with Gasteiger partial charge in [-0.1, -0.05) is 13.0 Å².